The van der Waals surface area contributed by atoms with E-state index in [1.54, 1.807) is 13.0 Å². The van der Waals surface area contributed by atoms with Gasteiger partial charge < -0.3 is 15.7 Å². The van der Waals surface area contributed by atoms with Gasteiger partial charge in [-0.25, -0.2) is 9.97 Å². The lowest BCUT2D eigenvalue weighted by Crippen LogP contribution is -2.14. The first-order valence-corrected chi connectivity index (χ1v) is 5.21. The number of aliphatic carboxylic acids is 1. The molecule has 0 unspecified atom stereocenters. The fourth-order valence-electron chi connectivity index (χ4n) is 1.34. The number of carboxylic acids is 1. The Hall–Kier alpha value is -1.85. The van der Waals surface area contributed by atoms with Crippen LogP contribution in [0.15, 0.2) is 6.07 Å². The summed E-state index contributed by atoms with van der Waals surface area (Å²) >= 11 is 0. The van der Waals surface area contributed by atoms with Crippen LogP contribution in [0.25, 0.3) is 0 Å². The highest BCUT2D eigenvalue weighted by atomic mass is 16.4. The Bertz CT molecular complexity index is 404. The van der Waals surface area contributed by atoms with Crippen molar-refractivity contribution in [3.8, 4) is 0 Å². The smallest absolute Gasteiger partial charge is 0.322 e. The van der Waals surface area contributed by atoms with Crippen LogP contribution in [-0.4, -0.2) is 33.6 Å². The average molecular weight is 222 g/mol. The molecule has 0 aliphatic heterocycles. The van der Waals surface area contributed by atoms with Crippen molar-refractivity contribution in [2.45, 2.75) is 25.8 Å². The van der Waals surface area contributed by atoms with Gasteiger partial charge in [-0.05, 0) is 19.8 Å². The summed E-state index contributed by atoms with van der Waals surface area (Å²) in [6.07, 6.45) is 2.34. The molecule has 1 aromatic rings. The van der Waals surface area contributed by atoms with E-state index in [9.17, 15) is 4.79 Å². The first kappa shape index (κ1) is 10.7. The van der Waals surface area contributed by atoms with Crippen molar-refractivity contribution in [3.05, 3.63) is 11.9 Å². The molecule has 3 N–H and O–H groups in total. The molecule has 86 valence electrons. The number of nitrogens with zero attached hydrogens (tertiary/aromatic N) is 2. The number of aromatic nitrogens is 2. The molecule has 6 nitrogen and oxygen atoms in total. The highest BCUT2D eigenvalue weighted by Gasteiger charge is 2.21. The summed E-state index contributed by atoms with van der Waals surface area (Å²) in [5, 5.41) is 14.5. The molecule has 6 heteroatoms. The molecule has 0 spiro atoms. The zero-order chi connectivity index (χ0) is 11.5. The van der Waals surface area contributed by atoms with E-state index in [0.717, 1.165) is 5.82 Å². The number of hydrogen-bond acceptors (Lipinski definition) is 5. The highest BCUT2D eigenvalue weighted by molar-refractivity contribution is 5.72. The van der Waals surface area contributed by atoms with Crippen LogP contribution in [0.4, 0.5) is 11.6 Å². The molecule has 0 radical (unpaired) electrons. The number of rotatable bonds is 5. The fraction of sp³-hybridized carbons (Fsp3) is 0.500. The summed E-state index contributed by atoms with van der Waals surface area (Å²) in [6.45, 7) is 1.64. The summed E-state index contributed by atoms with van der Waals surface area (Å²) in [4.78, 5) is 18.7. The second kappa shape index (κ2) is 4.34. The van der Waals surface area contributed by atoms with Crippen LogP contribution in [0.5, 0.6) is 0 Å². The van der Waals surface area contributed by atoms with Gasteiger partial charge in [-0.2, -0.15) is 0 Å². The molecule has 1 fully saturated rings. The lowest BCUT2D eigenvalue weighted by Gasteiger charge is -2.08. The van der Waals surface area contributed by atoms with Gasteiger partial charge in [-0.15, -0.1) is 0 Å². The second-order valence-corrected chi connectivity index (χ2v) is 3.85. The third-order valence-electron chi connectivity index (χ3n) is 2.19. The van der Waals surface area contributed by atoms with E-state index in [4.69, 9.17) is 5.11 Å². The molecular formula is C10H14N4O2. The maximum absolute atomic E-state index is 10.4. The number of carbonyl (C=O) groups is 1. The van der Waals surface area contributed by atoms with E-state index in [-0.39, 0.29) is 6.54 Å². The number of carboxylic acid groups (broad SMARTS) is 1. The number of nitrogens with one attached hydrogen (secondary N) is 2. The molecule has 0 amide bonds. The van der Waals surface area contributed by atoms with Crippen molar-refractivity contribution in [3.63, 3.8) is 0 Å². The number of anilines is 2. The third-order valence-corrected chi connectivity index (χ3v) is 2.19. The summed E-state index contributed by atoms with van der Waals surface area (Å²) in [5.74, 6) is 1.01. The second-order valence-electron chi connectivity index (χ2n) is 3.85. The monoisotopic (exact) mass is 222 g/mol. The van der Waals surface area contributed by atoms with E-state index in [0.29, 0.717) is 17.7 Å². The van der Waals surface area contributed by atoms with Gasteiger partial charge in [-0.1, -0.05) is 0 Å². The molecule has 2 rings (SSSR count). The van der Waals surface area contributed by atoms with Crippen LogP contribution in [0.3, 0.4) is 0 Å². The van der Waals surface area contributed by atoms with Crippen molar-refractivity contribution >= 4 is 17.6 Å². The normalized spacial score (nSPS) is 14.6. The highest BCUT2D eigenvalue weighted by Crippen LogP contribution is 2.24. The Morgan fingerprint density at radius 1 is 1.50 bits per heavy atom. The van der Waals surface area contributed by atoms with E-state index in [2.05, 4.69) is 20.6 Å². The molecule has 1 saturated carbocycles. The topological polar surface area (TPSA) is 87.1 Å². The van der Waals surface area contributed by atoms with Gasteiger partial charge in [0.25, 0.3) is 0 Å². The van der Waals surface area contributed by atoms with Crippen molar-refractivity contribution in [1.82, 2.24) is 9.97 Å². The standard InChI is InChI=1S/C10H14N4O2/c1-6-12-8(11-5-10(15)16)4-9(13-6)14-7-2-3-7/h4,7H,2-3,5H2,1H3,(H,15,16)(H2,11,12,13,14). The van der Waals surface area contributed by atoms with Crippen LogP contribution in [0.1, 0.15) is 18.7 Å². The Labute approximate surface area is 93.1 Å². The predicted molar refractivity (Wildman–Crippen MR) is 59.5 cm³/mol. The van der Waals surface area contributed by atoms with Crippen LogP contribution >= 0.6 is 0 Å². The lowest BCUT2D eigenvalue weighted by atomic mass is 10.4. The molecule has 1 aromatic heterocycles. The van der Waals surface area contributed by atoms with Crippen LogP contribution < -0.4 is 10.6 Å². The summed E-state index contributed by atoms with van der Waals surface area (Å²) in [7, 11) is 0. The Balaban J connectivity index is 2.04. The van der Waals surface area contributed by atoms with Crippen molar-refractivity contribution in [2.24, 2.45) is 0 Å². The van der Waals surface area contributed by atoms with Crippen LogP contribution in [0, 0.1) is 6.92 Å². The molecule has 1 heterocycles. The third kappa shape index (κ3) is 3.08. The molecule has 1 aliphatic rings. The van der Waals surface area contributed by atoms with Gasteiger partial charge in [0.05, 0.1) is 0 Å². The average Bonchev–Trinajstić information content (AvgIpc) is 2.98. The van der Waals surface area contributed by atoms with Crippen molar-refractivity contribution in [1.29, 1.82) is 0 Å². The van der Waals surface area contributed by atoms with Crippen LogP contribution in [0.2, 0.25) is 0 Å². The molecule has 1 aliphatic carbocycles. The maximum atomic E-state index is 10.4. The first-order valence-electron chi connectivity index (χ1n) is 5.21. The minimum atomic E-state index is -0.909. The largest absolute Gasteiger partial charge is 0.480 e. The molecule has 0 atom stereocenters. The Morgan fingerprint density at radius 3 is 2.81 bits per heavy atom. The summed E-state index contributed by atoms with van der Waals surface area (Å²) in [6, 6.07) is 2.25. The van der Waals surface area contributed by atoms with Gasteiger partial charge in [0.1, 0.15) is 24.0 Å². The van der Waals surface area contributed by atoms with Gasteiger partial charge in [0.2, 0.25) is 0 Å². The molecule has 0 saturated heterocycles. The number of aryl methyl sites for hydroxylation is 1. The predicted octanol–water partition coefficient (Wildman–Crippen LogP) is 0.856. The fourth-order valence-corrected chi connectivity index (χ4v) is 1.34. The molecular weight excluding hydrogens is 208 g/mol. The van der Waals surface area contributed by atoms with Gasteiger partial charge in [-0.3, -0.25) is 4.79 Å². The van der Waals surface area contributed by atoms with Gasteiger partial charge in [0.15, 0.2) is 0 Å². The first-order chi connectivity index (χ1) is 7.63. The van der Waals surface area contributed by atoms with Crippen molar-refractivity contribution < 1.29 is 9.90 Å². The quantitative estimate of drug-likeness (QED) is 0.684. The SMILES string of the molecule is Cc1nc(NCC(=O)O)cc(NC2CC2)n1. The summed E-state index contributed by atoms with van der Waals surface area (Å²) < 4.78 is 0. The van der Waals surface area contributed by atoms with Crippen LogP contribution in [-0.2, 0) is 4.79 Å². The minimum absolute atomic E-state index is 0.140. The molecule has 16 heavy (non-hydrogen) atoms. The zero-order valence-corrected chi connectivity index (χ0v) is 9.03. The van der Waals surface area contributed by atoms with Gasteiger partial charge >= 0.3 is 5.97 Å². The Morgan fingerprint density at radius 2 is 2.19 bits per heavy atom. The number of hydrogen-bond donors (Lipinski definition) is 3. The zero-order valence-electron chi connectivity index (χ0n) is 9.03. The Kier molecular flexibility index (Phi) is 2.89. The maximum Gasteiger partial charge on any atom is 0.322 e. The lowest BCUT2D eigenvalue weighted by molar-refractivity contribution is -0.134. The summed E-state index contributed by atoms with van der Waals surface area (Å²) in [5.41, 5.74) is 0. The van der Waals surface area contributed by atoms with E-state index >= 15 is 0 Å². The van der Waals surface area contributed by atoms with E-state index in [1.807, 2.05) is 0 Å². The minimum Gasteiger partial charge on any atom is -0.480 e. The van der Waals surface area contributed by atoms with E-state index < -0.39 is 5.97 Å². The van der Waals surface area contributed by atoms with Gasteiger partial charge in [0, 0.05) is 12.1 Å². The van der Waals surface area contributed by atoms with Crippen molar-refractivity contribution in [2.75, 3.05) is 17.2 Å². The molecule has 0 bridgehead atoms. The molecule has 0 aromatic carbocycles. The van der Waals surface area contributed by atoms with E-state index in [1.165, 1.54) is 12.8 Å².